The second-order valence-electron chi connectivity index (χ2n) is 6.96. The van der Waals surface area contributed by atoms with Gasteiger partial charge in [0.05, 0.1) is 6.10 Å². The van der Waals surface area contributed by atoms with E-state index in [0.29, 0.717) is 6.54 Å². The van der Waals surface area contributed by atoms with Crippen LogP contribution in [-0.4, -0.2) is 61.1 Å². The topological polar surface area (TPSA) is 32.8 Å². The first-order valence-corrected chi connectivity index (χ1v) is 8.72. The largest absolute Gasteiger partial charge is 0.380 e. The molecule has 2 saturated heterocycles. The summed E-state index contributed by atoms with van der Waals surface area (Å²) < 4.78 is 5.56. The van der Waals surface area contributed by atoms with Gasteiger partial charge in [0.2, 0.25) is 0 Å². The van der Waals surface area contributed by atoms with Gasteiger partial charge in [0.15, 0.2) is 0 Å². The lowest BCUT2D eigenvalue weighted by Crippen LogP contribution is -2.42. The van der Waals surface area contributed by atoms with E-state index in [9.17, 15) is 4.79 Å². The molecule has 1 aromatic carbocycles. The zero-order valence-corrected chi connectivity index (χ0v) is 14.5. The van der Waals surface area contributed by atoms with Gasteiger partial charge in [-0.2, -0.15) is 0 Å². The summed E-state index contributed by atoms with van der Waals surface area (Å²) in [5.74, 6) is 0.162. The van der Waals surface area contributed by atoms with Crippen molar-refractivity contribution in [1.29, 1.82) is 0 Å². The third-order valence-corrected chi connectivity index (χ3v) is 5.47. The number of carbonyl (C=O) groups is 1. The van der Waals surface area contributed by atoms with E-state index < -0.39 is 0 Å². The number of carbonyl (C=O) groups excluding carboxylic acids is 1. The Hall–Kier alpha value is -1.39. The summed E-state index contributed by atoms with van der Waals surface area (Å²) >= 11 is 0. The minimum absolute atomic E-state index is 0.162. The van der Waals surface area contributed by atoms with Crippen molar-refractivity contribution in [2.24, 2.45) is 0 Å². The minimum Gasteiger partial charge on any atom is -0.380 e. The summed E-state index contributed by atoms with van der Waals surface area (Å²) in [5, 5.41) is 0. The standard InChI is InChI=1S/C19H28N2O2/c1-14-7-6-8-18(15(14)2)19(22)21-13-17(23-3)11-16(21)12-20-9-4-5-10-20/h6-8,16-17H,4-5,9-13H2,1-3H3/t16-,17-/m0/s1. The van der Waals surface area contributed by atoms with E-state index in [4.69, 9.17) is 4.74 Å². The second-order valence-corrected chi connectivity index (χ2v) is 6.96. The molecule has 0 aliphatic carbocycles. The number of ether oxygens (including phenoxy) is 1. The first-order valence-electron chi connectivity index (χ1n) is 8.72. The van der Waals surface area contributed by atoms with Gasteiger partial charge < -0.3 is 14.5 Å². The fourth-order valence-electron chi connectivity index (χ4n) is 3.87. The van der Waals surface area contributed by atoms with Crippen molar-refractivity contribution in [3.63, 3.8) is 0 Å². The SMILES string of the molecule is CO[C@H]1C[C@@H](CN2CCCC2)N(C(=O)c2cccc(C)c2C)C1. The van der Waals surface area contributed by atoms with Crippen LogP contribution in [0, 0.1) is 13.8 Å². The Kier molecular flexibility index (Phi) is 5.02. The number of benzene rings is 1. The van der Waals surface area contributed by atoms with E-state index >= 15 is 0 Å². The fraction of sp³-hybridized carbons (Fsp3) is 0.632. The summed E-state index contributed by atoms with van der Waals surface area (Å²) in [6.45, 7) is 8.13. The Labute approximate surface area is 139 Å². The number of likely N-dealkylation sites (tertiary alicyclic amines) is 2. The molecule has 4 nitrogen and oxygen atoms in total. The molecular formula is C19H28N2O2. The van der Waals surface area contributed by atoms with Gasteiger partial charge in [0.25, 0.3) is 5.91 Å². The van der Waals surface area contributed by atoms with Gasteiger partial charge >= 0.3 is 0 Å². The highest BCUT2D eigenvalue weighted by atomic mass is 16.5. The van der Waals surface area contributed by atoms with Crippen molar-refractivity contribution >= 4 is 5.91 Å². The van der Waals surface area contributed by atoms with Gasteiger partial charge in [-0.05, 0) is 63.4 Å². The van der Waals surface area contributed by atoms with Gasteiger partial charge in [0.1, 0.15) is 0 Å². The molecule has 2 fully saturated rings. The van der Waals surface area contributed by atoms with Crippen molar-refractivity contribution in [1.82, 2.24) is 9.80 Å². The zero-order valence-electron chi connectivity index (χ0n) is 14.5. The van der Waals surface area contributed by atoms with E-state index in [0.717, 1.165) is 24.1 Å². The third-order valence-electron chi connectivity index (χ3n) is 5.47. The molecule has 2 atom stereocenters. The molecule has 0 bridgehead atoms. The Morgan fingerprint density at radius 2 is 2.00 bits per heavy atom. The molecule has 1 amide bonds. The van der Waals surface area contributed by atoms with Crippen LogP contribution in [0.2, 0.25) is 0 Å². The number of hydrogen-bond donors (Lipinski definition) is 0. The highest BCUT2D eigenvalue weighted by Crippen LogP contribution is 2.26. The van der Waals surface area contributed by atoms with Crippen LogP contribution in [0.4, 0.5) is 0 Å². The maximum Gasteiger partial charge on any atom is 0.254 e. The van der Waals surface area contributed by atoms with Crippen LogP contribution in [0.25, 0.3) is 0 Å². The number of hydrogen-bond acceptors (Lipinski definition) is 3. The molecule has 4 heteroatoms. The molecule has 2 aliphatic heterocycles. The lowest BCUT2D eigenvalue weighted by Gasteiger charge is -2.29. The summed E-state index contributed by atoms with van der Waals surface area (Å²) in [6.07, 6.45) is 3.68. The van der Waals surface area contributed by atoms with Gasteiger partial charge in [-0.1, -0.05) is 12.1 Å². The summed E-state index contributed by atoms with van der Waals surface area (Å²) in [7, 11) is 1.75. The Balaban J connectivity index is 1.79. The molecule has 0 spiro atoms. The third kappa shape index (κ3) is 3.43. The van der Waals surface area contributed by atoms with Crippen molar-refractivity contribution in [3.8, 4) is 0 Å². The molecule has 0 saturated carbocycles. The minimum atomic E-state index is 0.162. The predicted molar refractivity (Wildman–Crippen MR) is 91.8 cm³/mol. The summed E-state index contributed by atoms with van der Waals surface area (Å²) in [4.78, 5) is 17.7. The highest BCUT2D eigenvalue weighted by Gasteiger charge is 2.37. The Bertz CT molecular complexity index is 566. The molecule has 3 rings (SSSR count). The maximum atomic E-state index is 13.1. The fourth-order valence-corrected chi connectivity index (χ4v) is 3.87. The molecule has 126 valence electrons. The van der Waals surface area contributed by atoms with Crippen LogP contribution < -0.4 is 0 Å². The normalized spacial score (nSPS) is 25.3. The highest BCUT2D eigenvalue weighted by molar-refractivity contribution is 5.96. The van der Waals surface area contributed by atoms with Crippen molar-refractivity contribution in [2.45, 2.75) is 45.3 Å². The van der Waals surface area contributed by atoms with Crippen LogP contribution >= 0.6 is 0 Å². The number of methoxy groups -OCH3 is 1. The maximum absolute atomic E-state index is 13.1. The molecule has 2 aliphatic rings. The Morgan fingerprint density at radius 1 is 1.26 bits per heavy atom. The van der Waals surface area contributed by atoms with Gasteiger partial charge in [-0.15, -0.1) is 0 Å². The summed E-state index contributed by atoms with van der Waals surface area (Å²) in [6, 6.07) is 6.27. The van der Waals surface area contributed by atoms with Gasteiger partial charge in [-0.25, -0.2) is 0 Å². The zero-order chi connectivity index (χ0) is 16.4. The molecule has 1 aromatic rings. The predicted octanol–water partition coefficient (Wildman–Crippen LogP) is 2.63. The van der Waals surface area contributed by atoms with Crippen LogP contribution in [-0.2, 0) is 4.74 Å². The van der Waals surface area contributed by atoms with Crippen LogP contribution in [0.5, 0.6) is 0 Å². The number of aryl methyl sites for hydroxylation is 1. The molecule has 0 radical (unpaired) electrons. The lowest BCUT2D eigenvalue weighted by molar-refractivity contribution is 0.0669. The average molecular weight is 316 g/mol. The van der Waals surface area contributed by atoms with Crippen LogP contribution in [0.3, 0.4) is 0 Å². The lowest BCUT2D eigenvalue weighted by atomic mass is 10.0. The first kappa shape index (κ1) is 16.5. The summed E-state index contributed by atoms with van der Waals surface area (Å²) in [5.41, 5.74) is 3.11. The number of amides is 1. The number of rotatable bonds is 4. The molecule has 23 heavy (non-hydrogen) atoms. The van der Waals surface area contributed by atoms with E-state index in [2.05, 4.69) is 17.9 Å². The van der Waals surface area contributed by atoms with Crippen molar-refractivity contribution in [2.75, 3.05) is 33.3 Å². The number of nitrogens with zero attached hydrogens (tertiary/aromatic N) is 2. The van der Waals surface area contributed by atoms with Gasteiger partial charge in [-0.3, -0.25) is 4.79 Å². The monoisotopic (exact) mass is 316 g/mol. The van der Waals surface area contributed by atoms with Crippen LogP contribution in [0.15, 0.2) is 18.2 Å². The Morgan fingerprint density at radius 3 is 2.70 bits per heavy atom. The van der Waals surface area contributed by atoms with Crippen molar-refractivity contribution in [3.05, 3.63) is 34.9 Å². The smallest absolute Gasteiger partial charge is 0.254 e. The molecule has 0 unspecified atom stereocenters. The van der Waals surface area contributed by atoms with Crippen molar-refractivity contribution < 1.29 is 9.53 Å². The van der Waals surface area contributed by atoms with Gasteiger partial charge in [0, 0.05) is 31.8 Å². The average Bonchev–Trinajstić information content (AvgIpc) is 3.19. The van der Waals surface area contributed by atoms with Crippen LogP contribution in [0.1, 0.15) is 40.7 Å². The van der Waals surface area contributed by atoms with E-state index in [1.165, 1.54) is 31.5 Å². The molecular weight excluding hydrogens is 288 g/mol. The second kappa shape index (κ2) is 7.02. The first-order chi connectivity index (χ1) is 11.1. The molecule has 0 N–H and O–H groups in total. The van der Waals surface area contributed by atoms with E-state index in [1.807, 2.05) is 24.0 Å². The quantitative estimate of drug-likeness (QED) is 0.856. The van der Waals surface area contributed by atoms with E-state index in [-0.39, 0.29) is 18.1 Å². The van der Waals surface area contributed by atoms with E-state index in [1.54, 1.807) is 7.11 Å². The molecule has 0 aromatic heterocycles. The molecule has 2 heterocycles.